The first-order chi connectivity index (χ1) is 9.10. The van der Waals surface area contributed by atoms with Gasteiger partial charge in [0.05, 0.1) is 17.7 Å². The minimum absolute atomic E-state index is 0.270. The Morgan fingerprint density at radius 2 is 2.05 bits per heavy atom. The van der Waals surface area contributed by atoms with Crippen LogP contribution in [-0.4, -0.2) is 48.3 Å². The number of aliphatic hydroxyl groups is 1. The first kappa shape index (κ1) is 13.9. The third-order valence-corrected chi connectivity index (χ3v) is 3.56. The third-order valence-electron chi connectivity index (χ3n) is 3.56. The number of piperazine rings is 1. The topological polar surface area (TPSA) is 50.5 Å². The lowest BCUT2D eigenvalue weighted by Crippen LogP contribution is -2.53. The van der Waals surface area contributed by atoms with Gasteiger partial charge in [-0.1, -0.05) is 0 Å². The lowest BCUT2D eigenvalue weighted by atomic mass is 10.1. The Morgan fingerprint density at radius 3 is 2.58 bits per heavy atom. The summed E-state index contributed by atoms with van der Waals surface area (Å²) in [5.41, 5.74) is 1.87. The maximum absolute atomic E-state index is 9.45. The maximum Gasteiger partial charge on any atom is 0.0991 e. The predicted molar refractivity (Wildman–Crippen MR) is 76.1 cm³/mol. The van der Waals surface area contributed by atoms with Crippen molar-refractivity contribution in [3.05, 3.63) is 29.8 Å². The molecule has 1 N–H and O–H groups in total. The van der Waals surface area contributed by atoms with E-state index in [1.54, 1.807) is 0 Å². The highest BCUT2D eigenvalue weighted by molar-refractivity contribution is 5.50. The average Bonchev–Trinajstić information content (AvgIpc) is 2.38. The Bertz CT molecular complexity index is 449. The lowest BCUT2D eigenvalue weighted by Gasteiger charge is -2.41. The molecule has 4 nitrogen and oxygen atoms in total. The van der Waals surface area contributed by atoms with Crippen molar-refractivity contribution in [3.63, 3.8) is 0 Å². The van der Waals surface area contributed by atoms with Crippen LogP contribution in [0, 0.1) is 11.3 Å². The van der Waals surface area contributed by atoms with Crippen molar-refractivity contribution in [1.82, 2.24) is 4.90 Å². The van der Waals surface area contributed by atoms with Gasteiger partial charge in [0.25, 0.3) is 0 Å². The van der Waals surface area contributed by atoms with Crippen LogP contribution in [-0.2, 0) is 0 Å². The summed E-state index contributed by atoms with van der Waals surface area (Å²) >= 11 is 0. The van der Waals surface area contributed by atoms with E-state index in [1.165, 1.54) is 5.69 Å². The molecular weight excluding hydrogens is 238 g/mol. The molecule has 1 aliphatic heterocycles. The molecule has 0 unspecified atom stereocenters. The molecule has 1 fully saturated rings. The van der Waals surface area contributed by atoms with Crippen molar-refractivity contribution < 1.29 is 5.11 Å². The molecule has 19 heavy (non-hydrogen) atoms. The summed E-state index contributed by atoms with van der Waals surface area (Å²) < 4.78 is 0. The van der Waals surface area contributed by atoms with E-state index >= 15 is 0 Å². The molecule has 0 amide bonds. The van der Waals surface area contributed by atoms with Crippen LogP contribution in [0.5, 0.6) is 0 Å². The molecule has 2 atom stereocenters. The van der Waals surface area contributed by atoms with Crippen LogP contribution in [0.25, 0.3) is 0 Å². The van der Waals surface area contributed by atoms with Crippen molar-refractivity contribution in [2.45, 2.75) is 26.0 Å². The zero-order chi connectivity index (χ0) is 13.8. The molecule has 2 rings (SSSR count). The third kappa shape index (κ3) is 3.46. The fraction of sp³-hybridized carbons (Fsp3) is 0.533. The minimum atomic E-state index is -0.270. The van der Waals surface area contributed by atoms with Crippen LogP contribution < -0.4 is 4.90 Å². The van der Waals surface area contributed by atoms with Crippen molar-refractivity contribution in [2.24, 2.45) is 0 Å². The zero-order valence-corrected chi connectivity index (χ0v) is 11.6. The molecule has 1 heterocycles. The number of benzene rings is 1. The van der Waals surface area contributed by atoms with Gasteiger partial charge in [-0.25, -0.2) is 0 Å². The second-order valence-electron chi connectivity index (χ2n) is 5.31. The van der Waals surface area contributed by atoms with Gasteiger partial charge in [0.2, 0.25) is 0 Å². The fourth-order valence-corrected chi connectivity index (χ4v) is 2.68. The van der Waals surface area contributed by atoms with E-state index in [-0.39, 0.29) is 6.10 Å². The van der Waals surface area contributed by atoms with Gasteiger partial charge in [-0.05, 0) is 38.1 Å². The van der Waals surface area contributed by atoms with Crippen LogP contribution in [0.3, 0.4) is 0 Å². The van der Waals surface area contributed by atoms with Crippen LogP contribution >= 0.6 is 0 Å². The normalized spacial score (nSPS) is 22.0. The summed E-state index contributed by atoms with van der Waals surface area (Å²) in [7, 11) is 0. The van der Waals surface area contributed by atoms with Gasteiger partial charge < -0.3 is 10.0 Å². The Hall–Kier alpha value is -1.57. The number of nitrogens with zero attached hydrogens (tertiary/aromatic N) is 3. The van der Waals surface area contributed by atoms with Gasteiger partial charge >= 0.3 is 0 Å². The molecule has 4 heteroatoms. The van der Waals surface area contributed by atoms with Crippen molar-refractivity contribution in [1.29, 1.82) is 5.26 Å². The molecule has 1 aromatic rings. The van der Waals surface area contributed by atoms with Crippen LogP contribution in [0.4, 0.5) is 5.69 Å². The van der Waals surface area contributed by atoms with E-state index in [4.69, 9.17) is 5.26 Å². The van der Waals surface area contributed by atoms with Crippen LogP contribution in [0.1, 0.15) is 19.4 Å². The van der Waals surface area contributed by atoms with Crippen LogP contribution in [0.15, 0.2) is 24.3 Å². The first-order valence-electron chi connectivity index (χ1n) is 6.77. The molecule has 0 spiro atoms. The molecule has 1 saturated heterocycles. The van der Waals surface area contributed by atoms with Crippen molar-refractivity contribution in [2.75, 3.05) is 31.1 Å². The standard InChI is InChI=1S/C15H21N3O/c1-12-10-17(11-13(2)19)7-8-18(12)15-5-3-14(9-16)4-6-15/h3-6,12-13,19H,7-8,10-11H2,1-2H3/t12-,13-/m1/s1. The number of hydrogen-bond donors (Lipinski definition) is 1. The number of hydrogen-bond acceptors (Lipinski definition) is 4. The van der Waals surface area contributed by atoms with E-state index in [0.717, 1.165) is 26.2 Å². The molecule has 1 aromatic carbocycles. The fourth-order valence-electron chi connectivity index (χ4n) is 2.68. The Labute approximate surface area is 114 Å². The number of anilines is 1. The van der Waals surface area contributed by atoms with Gasteiger partial charge in [-0.3, -0.25) is 4.90 Å². The summed E-state index contributed by atoms with van der Waals surface area (Å²) in [6.45, 7) is 7.66. The molecule has 0 aromatic heterocycles. The van der Waals surface area contributed by atoms with Gasteiger partial charge in [0.15, 0.2) is 0 Å². The van der Waals surface area contributed by atoms with E-state index in [2.05, 4.69) is 22.8 Å². The highest BCUT2D eigenvalue weighted by atomic mass is 16.3. The smallest absolute Gasteiger partial charge is 0.0991 e. The predicted octanol–water partition coefficient (Wildman–Crippen LogP) is 1.45. The minimum Gasteiger partial charge on any atom is -0.392 e. The quantitative estimate of drug-likeness (QED) is 0.892. The first-order valence-corrected chi connectivity index (χ1v) is 6.77. The van der Waals surface area contributed by atoms with Crippen molar-refractivity contribution >= 4 is 5.69 Å². The highest BCUT2D eigenvalue weighted by Crippen LogP contribution is 2.21. The Kier molecular flexibility index (Phi) is 4.41. The van der Waals surface area contributed by atoms with E-state index in [1.807, 2.05) is 31.2 Å². The molecule has 0 saturated carbocycles. The van der Waals surface area contributed by atoms with Gasteiger partial charge in [0.1, 0.15) is 0 Å². The van der Waals surface area contributed by atoms with E-state index in [0.29, 0.717) is 11.6 Å². The summed E-state index contributed by atoms with van der Waals surface area (Å²) in [5, 5.41) is 18.3. The Balaban J connectivity index is 2.01. The van der Waals surface area contributed by atoms with Gasteiger partial charge in [0, 0.05) is 37.9 Å². The monoisotopic (exact) mass is 259 g/mol. The average molecular weight is 259 g/mol. The van der Waals surface area contributed by atoms with E-state index < -0.39 is 0 Å². The molecule has 0 radical (unpaired) electrons. The number of β-amino-alcohol motifs (C(OH)–C–C–N with tert-alkyl or cyclic N) is 1. The molecular formula is C15H21N3O. The molecule has 1 aliphatic rings. The second-order valence-corrected chi connectivity index (χ2v) is 5.31. The largest absolute Gasteiger partial charge is 0.392 e. The summed E-state index contributed by atoms with van der Waals surface area (Å²) in [6, 6.07) is 10.3. The summed E-state index contributed by atoms with van der Waals surface area (Å²) in [4.78, 5) is 4.66. The highest BCUT2D eigenvalue weighted by Gasteiger charge is 2.24. The van der Waals surface area contributed by atoms with Crippen LogP contribution in [0.2, 0.25) is 0 Å². The number of rotatable bonds is 3. The second kappa shape index (κ2) is 6.05. The van der Waals surface area contributed by atoms with Gasteiger partial charge in [-0.15, -0.1) is 0 Å². The molecule has 102 valence electrons. The molecule has 0 aliphatic carbocycles. The number of aliphatic hydroxyl groups excluding tert-OH is 1. The molecule has 0 bridgehead atoms. The summed E-state index contributed by atoms with van der Waals surface area (Å²) in [6.07, 6.45) is -0.270. The van der Waals surface area contributed by atoms with Crippen molar-refractivity contribution in [3.8, 4) is 6.07 Å². The zero-order valence-electron chi connectivity index (χ0n) is 11.6. The summed E-state index contributed by atoms with van der Waals surface area (Å²) in [5.74, 6) is 0. The maximum atomic E-state index is 9.45. The number of nitriles is 1. The SMILES string of the molecule is C[C@@H]1CN(C[C@@H](C)O)CCN1c1ccc(C#N)cc1. The van der Waals surface area contributed by atoms with Gasteiger partial charge in [-0.2, -0.15) is 5.26 Å². The van der Waals surface area contributed by atoms with E-state index in [9.17, 15) is 5.11 Å². The lowest BCUT2D eigenvalue weighted by molar-refractivity contribution is 0.115. The Morgan fingerprint density at radius 1 is 1.37 bits per heavy atom.